The largest absolute Gasteiger partial charge is 0.484 e. The van der Waals surface area contributed by atoms with Gasteiger partial charge >= 0.3 is 0 Å². The Hall–Kier alpha value is -1.88. The van der Waals surface area contributed by atoms with E-state index >= 15 is 0 Å². The topological polar surface area (TPSA) is 74.2 Å². The van der Waals surface area contributed by atoms with E-state index in [1.807, 2.05) is 12.1 Å². The van der Waals surface area contributed by atoms with Crippen LogP contribution in [0, 0.1) is 0 Å². The lowest BCUT2D eigenvalue weighted by Gasteiger charge is -2.08. The standard InChI is InChI=1S/C13H17N3O2/c1-2-10(14)7-11-3-4-12(8-15-11)17-9-13-5-6-16-18-13/h3-6,8,10H,2,7,9,14H2,1H3. The molecule has 1 unspecified atom stereocenters. The second-order valence-corrected chi connectivity index (χ2v) is 4.13. The molecule has 0 aromatic carbocycles. The zero-order chi connectivity index (χ0) is 12.8. The zero-order valence-electron chi connectivity index (χ0n) is 10.4. The molecule has 0 radical (unpaired) electrons. The molecular formula is C13H17N3O2. The molecule has 5 nitrogen and oxygen atoms in total. The van der Waals surface area contributed by atoms with E-state index in [0.29, 0.717) is 18.1 Å². The van der Waals surface area contributed by atoms with E-state index in [1.165, 1.54) is 0 Å². The summed E-state index contributed by atoms with van der Waals surface area (Å²) >= 11 is 0. The first-order chi connectivity index (χ1) is 8.78. The summed E-state index contributed by atoms with van der Waals surface area (Å²) in [6.07, 6.45) is 5.03. The molecule has 0 aliphatic heterocycles. The van der Waals surface area contributed by atoms with Crippen LogP contribution in [-0.2, 0) is 13.0 Å². The molecule has 5 heteroatoms. The van der Waals surface area contributed by atoms with E-state index in [1.54, 1.807) is 18.5 Å². The van der Waals surface area contributed by atoms with Gasteiger partial charge in [-0.15, -0.1) is 0 Å². The lowest BCUT2D eigenvalue weighted by Crippen LogP contribution is -2.21. The first-order valence-electron chi connectivity index (χ1n) is 6.00. The highest BCUT2D eigenvalue weighted by atomic mass is 16.5. The number of nitrogens with two attached hydrogens (primary N) is 1. The Morgan fingerprint density at radius 3 is 2.89 bits per heavy atom. The number of hydrogen-bond acceptors (Lipinski definition) is 5. The van der Waals surface area contributed by atoms with Crippen molar-refractivity contribution >= 4 is 0 Å². The number of aromatic nitrogens is 2. The Labute approximate surface area is 106 Å². The van der Waals surface area contributed by atoms with Gasteiger partial charge in [0.05, 0.1) is 12.4 Å². The summed E-state index contributed by atoms with van der Waals surface area (Å²) in [6.45, 7) is 2.43. The maximum Gasteiger partial charge on any atom is 0.174 e. The molecule has 0 amide bonds. The Morgan fingerprint density at radius 2 is 2.28 bits per heavy atom. The van der Waals surface area contributed by atoms with Crippen molar-refractivity contribution in [1.29, 1.82) is 0 Å². The fraction of sp³-hybridized carbons (Fsp3) is 0.385. The van der Waals surface area contributed by atoms with Gasteiger partial charge in [0.25, 0.3) is 0 Å². The Morgan fingerprint density at radius 1 is 1.39 bits per heavy atom. The first-order valence-corrected chi connectivity index (χ1v) is 6.00. The van der Waals surface area contributed by atoms with Gasteiger partial charge in [-0.2, -0.15) is 0 Å². The smallest absolute Gasteiger partial charge is 0.174 e. The minimum absolute atomic E-state index is 0.165. The number of rotatable bonds is 6. The minimum Gasteiger partial charge on any atom is -0.484 e. The third-order valence-electron chi connectivity index (χ3n) is 2.67. The van der Waals surface area contributed by atoms with Crippen LogP contribution in [0.15, 0.2) is 35.1 Å². The summed E-state index contributed by atoms with van der Waals surface area (Å²) in [5.41, 5.74) is 6.86. The van der Waals surface area contributed by atoms with Crippen LogP contribution in [-0.4, -0.2) is 16.2 Å². The fourth-order valence-electron chi connectivity index (χ4n) is 1.50. The number of ether oxygens (including phenoxy) is 1. The molecule has 2 heterocycles. The van der Waals surface area contributed by atoms with Gasteiger partial charge < -0.3 is 15.0 Å². The van der Waals surface area contributed by atoms with E-state index in [4.69, 9.17) is 15.0 Å². The predicted octanol–water partition coefficient (Wildman–Crippen LogP) is 1.93. The summed E-state index contributed by atoms with van der Waals surface area (Å²) in [5.74, 6) is 1.40. The molecule has 96 valence electrons. The van der Waals surface area contributed by atoms with Crippen molar-refractivity contribution in [2.45, 2.75) is 32.4 Å². The van der Waals surface area contributed by atoms with Crippen molar-refractivity contribution in [2.75, 3.05) is 0 Å². The zero-order valence-corrected chi connectivity index (χ0v) is 10.4. The van der Waals surface area contributed by atoms with Crippen LogP contribution < -0.4 is 10.5 Å². The number of pyridine rings is 1. The number of hydrogen-bond donors (Lipinski definition) is 1. The lowest BCUT2D eigenvalue weighted by molar-refractivity contribution is 0.248. The molecule has 2 N–H and O–H groups in total. The maximum atomic E-state index is 5.88. The highest BCUT2D eigenvalue weighted by Crippen LogP contribution is 2.12. The van der Waals surface area contributed by atoms with Gasteiger partial charge in [-0.25, -0.2) is 0 Å². The molecule has 0 aliphatic carbocycles. The van der Waals surface area contributed by atoms with E-state index in [2.05, 4.69) is 17.1 Å². The molecule has 0 spiro atoms. The monoisotopic (exact) mass is 247 g/mol. The van der Waals surface area contributed by atoms with Crippen LogP contribution in [0.2, 0.25) is 0 Å². The van der Waals surface area contributed by atoms with Gasteiger partial charge in [0.1, 0.15) is 12.4 Å². The van der Waals surface area contributed by atoms with Crippen molar-refractivity contribution in [3.05, 3.63) is 42.0 Å². The summed E-state index contributed by atoms with van der Waals surface area (Å²) in [4.78, 5) is 4.32. The normalized spacial score (nSPS) is 12.3. The summed E-state index contributed by atoms with van der Waals surface area (Å²) in [6, 6.07) is 5.76. The average molecular weight is 247 g/mol. The lowest BCUT2D eigenvalue weighted by atomic mass is 10.1. The summed E-state index contributed by atoms with van der Waals surface area (Å²) in [7, 11) is 0. The number of nitrogens with zero attached hydrogens (tertiary/aromatic N) is 2. The summed E-state index contributed by atoms with van der Waals surface area (Å²) in [5, 5.41) is 3.61. The average Bonchev–Trinajstić information content (AvgIpc) is 2.91. The SMILES string of the molecule is CCC(N)Cc1ccc(OCc2ccno2)cn1. The van der Waals surface area contributed by atoms with Gasteiger partial charge in [-0.05, 0) is 18.6 Å². The molecule has 2 aromatic rings. The maximum absolute atomic E-state index is 5.88. The van der Waals surface area contributed by atoms with Gasteiger partial charge in [0.15, 0.2) is 5.76 Å². The Bertz CT molecular complexity index is 454. The Balaban J connectivity index is 1.87. The van der Waals surface area contributed by atoms with Gasteiger partial charge in [-0.3, -0.25) is 4.98 Å². The van der Waals surface area contributed by atoms with Crippen molar-refractivity contribution < 1.29 is 9.26 Å². The third kappa shape index (κ3) is 3.56. The van der Waals surface area contributed by atoms with E-state index in [9.17, 15) is 0 Å². The van der Waals surface area contributed by atoms with Crippen LogP contribution in [0.5, 0.6) is 5.75 Å². The van der Waals surface area contributed by atoms with Crippen LogP contribution >= 0.6 is 0 Å². The van der Waals surface area contributed by atoms with Crippen molar-refractivity contribution in [3.63, 3.8) is 0 Å². The molecule has 2 aromatic heterocycles. The van der Waals surface area contributed by atoms with Gasteiger partial charge in [0.2, 0.25) is 0 Å². The minimum atomic E-state index is 0.165. The van der Waals surface area contributed by atoms with Crippen molar-refractivity contribution in [1.82, 2.24) is 10.1 Å². The molecule has 0 saturated carbocycles. The van der Waals surface area contributed by atoms with E-state index < -0.39 is 0 Å². The molecule has 0 aliphatic rings. The molecular weight excluding hydrogens is 230 g/mol. The van der Waals surface area contributed by atoms with Crippen molar-refractivity contribution in [2.24, 2.45) is 5.73 Å². The predicted molar refractivity (Wildman–Crippen MR) is 67.0 cm³/mol. The third-order valence-corrected chi connectivity index (χ3v) is 2.67. The van der Waals surface area contributed by atoms with Gasteiger partial charge in [-0.1, -0.05) is 12.1 Å². The van der Waals surface area contributed by atoms with Crippen LogP contribution in [0.25, 0.3) is 0 Å². The Kier molecular flexibility index (Phi) is 4.30. The van der Waals surface area contributed by atoms with E-state index in [0.717, 1.165) is 18.5 Å². The van der Waals surface area contributed by atoms with Crippen LogP contribution in [0.4, 0.5) is 0 Å². The molecule has 18 heavy (non-hydrogen) atoms. The fourth-order valence-corrected chi connectivity index (χ4v) is 1.50. The molecule has 2 rings (SSSR count). The molecule has 0 bridgehead atoms. The van der Waals surface area contributed by atoms with Gasteiger partial charge in [0, 0.05) is 24.2 Å². The second kappa shape index (κ2) is 6.16. The van der Waals surface area contributed by atoms with Crippen LogP contribution in [0.3, 0.4) is 0 Å². The highest BCUT2D eigenvalue weighted by molar-refractivity contribution is 5.20. The highest BCUT2D eigenvalue weighted by Gasteiger charge is 2.04. The second-order valence-electron chi connectivity index (χ2n) is 4.13. The summed E-state index contributed by atoms with van der Waals surface area (Å²) < 4.78 is 10.4. The van der Waals surface area contributed by atoms with Crippen LogP contribution in [0.1, 0.15) is 24.8 Å². The molecule has 0 saturated heterocycles. The first kappa shape index (κ1) is 12.6. The molecule has 0 fully saturated rings. The van der Waals surface area contributed by atoms with Crippen molar-refractivity contribution in [3.8, 4) is 5.75 Å². The van der Waals surface area contributed by atoms with E-state index in [-0.39, 0.29) is 6.04 Å². The molecule has 1 atom stereocenters. The quantitative estimate of drug-likeness (QED) is 0.844.